The molecule has 1 aliphatic heterocycles. The first-order valence-corrected chi connectivity index (χ1v) is 8.57. The standard InChI is InChI=1S/C18H25N3O2/c22-17(20-16-8-4-5-11-19-18(16)23)13-21(15-9-10-15)12-14-6-2-1-3-7-14/h1-3,6-7,15-16H,4-5,8-13H2,(H,19,23)(H,20,22). The molecule has 124 valence electrons. The van der Waals surface area contributed by atoms with Gasteiger partial charge in [0.2, 0.25) is 11.8 Å². The first-order valence-electron chi connectivity index (χ1n) is 8.57. The van der Waals surface area contributed by atoms with E-state index in [9.17, 15) is 9.59 Å². The van der Waals surface area contributed by atoms with Gasteiger partial charge in [-0.05, 0) is 37.7 Å². The Morgan fingerprint density at radius 2 is 1.96 bits per heavy atom. The van der Waals surface area contributed by atoms with E-state index in [1.807, 2.05) is 18.2 Å². The largest absolute Gasteiger partial charge is 0.354 e. The van der Waals surface area contributed by atoms with Crippen LogP contribution in [0.2, 0.25) is 0 Å². The van der Waals surface area contributed by atoms with Gasteiger partial charge in [-0.1, -0.05) is 30.3 Å². The highest BCUT2D eigenvalue weighted by atomic mass is 16.2. The highest BCUT2D eigenvalue weighted by molar-refractivity contribution is 5.88. The fourth-order valence-corrected chi connectivity index (χ4v) is 3.07. The minimum atomic E-state index is -0.372. The summed E-state index contributed by atoms with van der Waals surface area (Å²) in [5.74, 6) is -0.0910. The molecule has 2 aliphatic rings. The third-order valence-electron chi connectivity index (χ3n) is 4.51. The predicted molar refractivity (Wildman–Crippen MR) is 88.7 cm³/mol. The Balaban J connectivity index is 1.55. The van der Waals surface area contributed by atoms with Gasteiger partial charge in [-0.3, -0.25) is 14.5 Å². The Hall–Kier alpha value is -1.88. The molecule has 2 N–H and O–H groups in total. The van der Waals surface area contributed by atoms with Gasteiger partial charge in [-0.25, -0.2) is 0 Å². The number of carbonyl (C=O) groups excluding carboxylic acids is 2. The van der Waals surface area contributed by atoms with Gasteiger partial charge in [0.15, 0.2) is 0 Å². The molecule has 1 heterocycles. The van der Waals surface area contributed by atoms with Crippen molar-refractivity contribution < 1.29 is 9.59 Å². The average molecular weight is 315 g/mol. The number of nitrogens with zero attached hydrogens (tertiary/aromatic N) is 1. The number of amides is 2. The van der Waals surface area contributed by atoms with Crippen LogP contribution in [0.1, 0.15) is 37.7 Å². The molecule has 5 heteroatoms. The summed E-state index contributed by atoms with van der Waals surface area (Å²) >= 11 is 0. The highest BCUT2D eigenvalue weighted by Crippen LogP contribution is 2.28. The lowest BCUT2D eigenvalue weighted by molar-refractivity contribution is -0.129. The highest BCUT2D eigenvalue weighted by Gasteiger charge is 2.31. The normalized spacial score (nSPS) is 21.6. The quantitative estimate of drug-likeness (QED) is 0.835. The van der Waals surface area contributed by atoms with Gasteiger partial charge in [0.25, 0.3) is 0 Å². The van der Waals surface area contributed by atoms with Crippen molar-refractivity contribution in [2.24, 2.45) is 0 Å². The molecule has 1 aromatic carbocycles. The van der Waals surface area contributed by atoms with Crippen molar-refractivity contribution in [1.29, 1.82) is 0 Å². The molecule has 0 spiro atoms. The lowest BCUT2D eigenvalue weighted by Crippen LogP contribution is -2.48. The average Bonchev–Trinajstić information content (AvgIpc) is 3.38. The maximum Gasteiger partial charge on any atom is 0.242 e. The van der Waals surface area contributed by atoms with E-state index in [0.29, 0.717) is 19.1 Å². The minimum Gasteiger partial charge on any atom is -0.354 e. The number of benzene rings is 1. The second-order valence-corrected chi connectivity index (χ2v) is 6.53. The first kappa shape index (κ1) is 16.0. The number of hydrogen-bond acceptors (Lipinski definition) is 3. The van der Waals surface area contributed by atoms with Crippen molar-refractivity contribution in [3.63, 3.8) is 0 Å². The molecule has 1 saturated heterocycles. The Kier molecular flexibility index (Phi) is 5.28. The molecule has 1 saturated carbocycles. The SMILES string of the molecule is O=C(CN(Cc1ccccc1)C1CC1)NC1CCCCNC1=O. The van der Waals surface area contributed by atoms with Gasteiger partial charge in [-0.2, -0.15) is 0 Å². The number of carbonyl (C=O) groups is 2. The molecule has 5 nitrogen and oxygen atoms in total. The monoisotopic (exact) mass is 315 g/mol. The van der Waals surface area contributed by atoms with Gasteiger partial charge < -0.3 is 10.6 Å². The van der Waals surface area contributed by atoms with Crippen molar-refractivity contribution in [2.75, 3.05) is 13.1 Å². The summed E-state index contributed by atoms with van der Waals surface area (Å²) in [5, 5.41) is 5.78. The number of hydrogen-bond donors (Lipinski definition) is 2. The fourth-order valence-electron chi connectivity index (χ4n) is 3.07. The van der Waals surface area contributed by atoms with Crippen molar-refractivity contribution in [3.8, 4) is 0 Å². The summed E-state index contributed by atoms with van der Waals surface area (Å²) in [5.41, 5.74) is 1.22. The Labute approximate surface area is 137 Å². The van der Waals surface area contributed by atoms with E-state index >= 15 is 0 Å². The van der Waals surface area contributed by atoms with Crippen molar-refractivity contribution in [1.82, 2.24) is 15.5 Å². The van der Waals surface area contributed by atoms with Crippen LogP contribution in [0, 0.1) is 0 Å². The van der Waals surface area contributed by atoms with Crippen LogP contribution in [0.15, 0.2) is 30.3 Å². The summed E-state index contributed by atoms with van der Waals surface area (Å²) < 4.78 is 0. The number of rotatable bonds is 6. The van der Waals surface area contributed by atoms with Gasteiger partial charge in [0.1, 0.15) is 6.04 Å². The van der Waals surface area contributed by atoms with Crippen LogP contribution in [0.25, 0.3) is 0 Å². The van der Waals surface area contributed by atoms with Crippen molar-refractivity contribution in [2.45, 2.75) is 50.7 Å². The smallest absolute Gasteiger partial charge is 0.242 e. The van der Waals surface area contributed by atoms with Crippen LogP contribution in [0.4, 0.5) is 0 Å². The lowest BCUT2D eigenvalue weighted by atomic mass is 10.1. The van der Waals surface area contributed by atoms with E-state index in [2.05, 4.69) is 27.7 Å². The molecule has 1 unspecified atom stereocenters. The maximum absolute atomic E-state index is 12.4. The zero-order valence-corrected chi connectivity index (χ0v) is 13.5. The van der Waals surface area contributed by atoms with Crippen LogP contribution < -0.4 is 10.6 Å². The lowest BCUT2D eigenvalue weighted by Gasteiger charge is -2.23. The van der Waals surface area contributed by atoms with Crippen LogP contribution in [-0.4, -0.2) is 41.9 Å². The van der Waals surface area contributed by atoms with Crippen molar-refractivity contribution >= 4 is 11.8 Å². The molecule has 1 atom stereocenters. The molecule has 3 rings (SSSR count). The summed E-state index contributed by atoms with van der Waals surface area (Å²) in [7, 11) is 0. The number of nitrogens with one attached hydrogen (secondary N) is 2. The fraction of sp³-hybridized carbons (Fsp3) is 0.556. The minimum absolute atomic E-state index is 0.0446. The van der Waals surface area contributed by atoms with E-state index in [1.165, 1.54) is 5.56 Å². The van der Waals surface area contributed by atoms with Gasteiger partial charge in [0, 0.05) is 19.1 Å². The summed E-state index contributed by atoms with van der Waals surface area (Å²) in [4.78, 5) is 26.5. The molecule has 0 aromatic heterocycles. The molecule has 2 fully saturated rings. The molecule has 0 bridgehead atoms. The van der Waals surface area contributed by atoms with Gasteiger partial charge in [0.05, 0.1) is 6.54 Å². The predicted octanol–water partition coefficient (Wildman–Crippen LogP) is 1.44. The summed E-state index contributed by atoms with van der Waals surface area (Å²) in [6.07, 6.45) is 5.01. The van der Waals surface area contributed by atoms with Gasteiger partial charge in [-0.15, -0.1) is 0 Å². The topological polar surface area (TPSA) is 61.4 Å². The van der Waals surface area contributed by atoms with Crippen LogP contribution in [0.3, 0.4) is 0 Å². The van der Waals surface area contributed by atoms with E-state index in [0.717, 1.165) is 38.6 Å². The molecule has 1 aliphatic carbocycles. The third kappa shape index (κ3) is 4.79. The molecule has 23 heavy (non-hydrogen) atoms. The third-order valence-corrected chi connectivity index (χ3v) is 4.51. The van der Waals surface area contributed by atoms with E-state index in [1.54, 1.807) is 0 Å². The van der Waals surface area contributed by atoms with E-state index in [-0.39, 0.29) is 17.9 Å². The van der Waals surface area contributed by atoms with Crippen LogP contribution >= 0.6 is 0 Å². The summed E-state index contributed by atoms with van der Waals surface area (Å²) in [6, 6.07) is 10.4. The molecular weight excluding hydrogens is 290 g/mol. The van der Waals surface area contributed by atoms with E-state index in [4.69, 9.17) is 0 Å². The Morgan fingerprint density at radius 1 is 1.17 bits per heavy atom. The van der Waals surface area contributed by atoms with Crippen molar-refractivity contribution in [3.05, 3.63) is 35.9 Å². The molecule has 1 aromatic rings. The second-order valence-electron chi connectivity index (χ2n) is 6.53. The van der Waals surface area contributed by atoms with Crippen LogP contribution in [0.5, 0.6) is 0 Å². The van der Waals surface area contributed by atoms with E-state index < -0.39 is 0 Å². The van der Waals surface area contributed by atoms with Gasteiger partial charge >= 0.3 is 0 Å². The molecular formula is C18H25N3O2. The zero-order chi connectivity index (χ0) is 16.1. The summed E-state index contributed by atoms with van der Waals surface area (Å²) in [6.45, 7) is 1.87. The molecule has 0 radical (unpaired) electrons. The Bertz CT molecular complexity index is 542. The second kappa shape index (κ2) is 7.59. The van der Waals surface area contributed by atoms with Crippen LogP contribution in [-0.2, 0) is 16.1 Å². The maximum atomic E-state index is 12.4. The Morgan fingerprint density at radius 3 is 2.70 bits per heavy atom. The zero-order valence-electron chi connectivity index (χ0n) is 13.5. The first-order chi connectivity index (χ1) is 11.2. The molecule has 2 amide bonds.